The number of carbonyl (C=O) groups excluding carboxylic acids is 1. The zero-order chi connectivity index (χ0) is 14.2. The minimum Gasteiger partial charge on any atom is -0.466 e. The molecule has 1 saturated carbocycles. The molecule has 1 amide bonds. The molecule has 1 heterocycles. The normalized spacial score (nSPS) is 22.8. The van der Waals surface area contributed by atoms with Gasteiger partial charge in [-0.25, -0.2) is 0 Å². The smallest absolute Gasteiger partial charge is 0.257 e. The Hall–Kier alpha value is -1.29. The first kappa shape index (κ1) is 14.1. The number of aliphatic hydroxyl groups is 1. The van der Waals surface area contributed by atoms with Gasteiger partial charge in [0.25, 0.3) is 5.91 Å². The van der Waals surface area contributed by atoms with Gasteiger partial charge in [0.05, 0.1) is 11.7 Å². The van der Waals surface area contributed by atoms with Crippen LogP contribution in [-0.4, -0.2) is 35.6 Å². The van der Waals surface area contributed by atoms with Crippen molar-refractivity contribution < 1.29 is 14.3 Å². The molecule has 106 valence electrons. The number of furan rings is 1. The fourth-order valence-electron chi connectivity index (χ4n) is 2.96. The Balaban J connectivity index is 2.10. The monoisotopic (exact) mass is 265 g/mol. The number of hydrogen-bond donors (Lipinski definition) is 1. The number of amides is 1. The molecule has 2 rings (SSSR count). The van der Waals surface area contributed by atoms with Crippen molar-refractivity contribution in [1.82, 2.24) is 4.90 Å². The first-order valence-corrected chi connectivity index (χ1v) is 6.92. The van der Waals surface area contributed by atoms with Crippen molar-refractivity contribution in [1.29, 1.82) is 0 Å². The van der Waals surface area contributed by atoms with Crippen molar-refractivity contribution in [2.45, 2.75) is 46.1 Å². The Morgan fingerprint density at radius 2 is 2.00 bits per heavy atom. The molecular weight excluding hydrogens is 242 g/mol. The fourth-order valence-corrected chi connectivity index (χ4v) is 2.96. The van der Waals surface area contributed by atoms with Crippen molar-refractivity contribution in [3.8, 4) is 0 Å². The van der Waals surface area contributed by atoms with Crippen molar-refractivity contribution in [2.24, 2.45) is 5.92 Å². The zero-order valence-electron chi connectivity index (χ0n) is 12.2. The minimum absolute atomic E-state index is 0.00838. The van der Waals surface area contributed by atoms with Crippen LogP contribution < -0.4 is 0 Å². The van der Waals surface area contributed by atoms with Gasteiger partial charge in [-0.05, 0) is 33.6 Å². The van der Waals surface area contributed by atoms with E-state index < -0.39 is 0 Å². The number of aliphatic hydroxyl groups excluding tert-OH is 1. The molecule has 0 aliphatic heterocycles. The molecule has 1 aliphatic rings. The summed E-state index contributed by atoms with van der Waals surface area (Å²) < 4.78 is 5.51. The Labute approximate surface area is 114 Å². The van der Waals surface area contributed by atoms with Crippen LogP contribution in [0.2, 0.25) is 0 Å². The zero-order valence-corrected chi connectivity index (χ0v) is 12.2. The van der Waals surface area contributed by atoms with E-state index in [9.17, 15) is 9.90 Å². The second-order valence-electron chi connectivity index (χ2n) is 5.66. The van der Waals surface area contributed by atoms with Crippen LogP contribution in [0, 0.1) is 26.7 Å². The summed E-state index contributed by atoms with van der Waals surface area (Å²) in [7, 11) is 1.80. The summed E-state index contributed by atoms with van der Waals surface area (Å²) >= 11 is 0. The van der Waals surface area contributed by atoms with Crippen LogP contribution in [0.15, 0.2) is 4.42 Å². The molecule has 1 N–H and O–H groups in total. The highest BCUT2D eigenvalue weighted by Crippen LogP contribution is 2.27. The van der Waals surface area contributed by atoms with Gasteiger partial charge in [-0.1, -0.05) is 6.42 Å². The third-order valence-electron chi connectivity index (χ3n) is 4.25. The third-order valence-corrected chi connectivity index (χ3v) is 4.25. The Kier molecular flexibility index (Phi) is 3.99. The summed E-state index contributed by atoms with van der Waals surface area (Å²) in [6.07, 6.45) is 2.65. The molecule has 1 aromatic rings. The van der Waals surface area contributed by atoms with E-state index in [2.05, 4.69) is 0 Å². The van der Waals surface area contributed by atoms with Crippen LogP contribution in [0.4, 0.5) is 0 Å². The van der Waals surface area contributed by atoms with E-state index >= 15 is 0 Å². The molecule has 0 aromatic carbocycles. The molecule has 0 saturated heterocycles. The molecule has 0 radical (unpaired) electrons. The topological polar surface area (TPSA) is 53.7 Å². The molecule has 1 aliphatic carbocycles. The number of hydrogen-bond acceptors (Lipinski definition) is 3. The number of aryl methyl sites for hydroxylation is 2. The van der Waals surface area contributed by atoms with Crippen molar-refractivity contribution in [3.63, 3.8) is 0 Å². The largest absolute Gasteiger partial charge is 0.466 e. The number of carbonyl (C=O) groups is 1. The molecule has 0 bridgehead atoms. The van der Waals surface area contributed by atoms with Gasteiger partial charge in [-0.2, -0.15) is 0 Å². The van der Waals surface area contributed by atoms with Crippen LogP contribution >= 0.6 is 0 Å². The van der Waals surface area contributed by atoms with Gasteiger partial charge in [0.1, 0.15) is 11.5 Å². The quantitative estimate of drug-likeness (QED) is 0.913. The van der Waals surface area contributed by atoms with Crippen LogP contribution in [0.3, 0.4) is 0 Å². The average molecular weight is 265 g/mol. The molecule has 4 heteroatoms. The standard InChI is InChI=1S/C15H23NO3/c1-9-10(2)19-11(3)14(9)15(18)16(4)8-12-6-5-7-13(12)17/h12-13,17H,5-8H2,1-4H3. The maximum absolute atomic E-state index is 12.5. The first-order chi connectivity index (χ1) is 8.91. The lowest BCUT2D eigenvalue weighted by Gasteiger charge is -2.23. The van der Waals surface area contributed by atoms with Crippen molar-refractivity contribution in [3.05, 3.63) is 22.6 Å². The fraction of sp³-hybridized carbons (Fsp3) is 0.667. The molecule has 2 atom stereocenters. The molecular formula is C15H23NO3. The van der Waals surface area contributed by atoms with Crippen LogP contribution in [0.25, 0.3) is 0 Å². The Morgan fingerprint density at radius 3 is 2.47 bits per heavy atom. The Bertz CT molecular complexity index is 478. The average Bonchev–Trinajstić information content (AvgIpc) is 2.84. The first-order valence-electron chi connectivity index (χ1n) is 6.92. The van der Waals surface area contributed by atoms with Crippen LogP contribution in [0.1, 0.15) is 46.7 Å². The molecule has 0 spiro atoms. The van der Waals surface area contributed by atoms with Crippen molar-refractivity contribution in [2.75, 3.05) is 13.6 Å². The van der Waals surface area contributed by atoms with E-state index in [1.165, 1.54) is 0 Å². The SMILES string of the molecule is Cc1oc(C)c(C(=O)N(C)CC2CCCC2O)c1C. The molecule has 2 unspecified atom stereocenters. The minimum atomic E-state index is -0.261. The lowest BCUT2D eigenvalue weighted by molar-refractivity contribution is 0.0691. The predicted octanol–water partition coefficient (Wildman–Crippen LogP) is 2.44. The third kappa shape index (κ3) is 2.68. The number of nitrogens with zero attached hydrogens (tertiary/aromatic N) is 1. The second kappa shape index (κ2) is 5.37. The highest BCUT2D eigenvalue weighted by molar-refractivity contribution is 5.96. The Morgan fingerprint density at radius 1 is 1.32 bits per heavy atom. The molecule has 1 fully saturated rings. The van der Waals surface area contributed by atoms with Gasteiger partial charge in [-0.15, -0.1) is 0 Å². The summed E-state index contributed by atoms with van der Waals surface area (Å²) in [4.78, 5) is 14.2. The maximum Gasteiger partial charge on any atom is 0.257 e. The summed E-state index contributed by atoms with van der Waals surface area (Å²) in [5, 5.41) is 9.85. The number of rotatable bonds is 3. The highest BCUT2D eigenvalue weighted by atomic mass is 16.3. The van der Waals surface area contributed by atoms with Gasteiger partial charge in [0, 0.05) is 25.1 Å². The second-order valence-corrected chi connectivity index (χ2v) is 5.66. The van der Waals surface area contributed by atoms with Gasteiger partial charge >= 0.3 is 0 Å². The van der Waals surface area contributed by atoms with E-state index in [0.29, 0.717) is 17.9 Å². The van der Waals surface area contributed by atoms with E-state index in [0.717, 1.165) is 30.6 Å². The van der Waals surface area contributed by atoms with E-state index in [4.69, 9.17) is 4.42 Å². The maximum atomic E-state index is 12.5. The van der Waals surface area contributed by atoms with Gasteiger partial charge in [-0.3, -0.25) is 4.79 Å². The molecule has 19 heavy (non-hydrogen) atoms. The summed E-state index contributed by atoms with van der Waals surface area (Å²) in [5.41, 5.74) is 1.59. The lowest BCUT2D eigenvalue weighted by atomic mass is 10.0. The van der Waals surface area contributed by atoms with E-state index in [1.54, 1.807) is 11.9 Å². The van der Waals surface area contributed by atoms with Crippen LogP contribution in [-0.2, 0) is 0 Å². The van der Waals surface area contributed by atoms with E-state index in [-0.39, 0.29) is 17.9 Å². The summed E-state index contributed by atoms with van der Waals surface area (Å²) in [6.45, 7) is 6.23. The van der Waals surface area contributed by atoms with Gasteiger partial charge < -0.3 is 14.4 Å². The highest BCUT2D eigenvalue weighted by Gasteiger charge is 2.29. The van der Waals surface area contributed by atoms with Crippen LogP contribution in [0.5, 0.6) is 0 Å². The van der Waals surface area contributed by atoms with Gasteiger partial charge in [0.15, 0.2) is 0 Å². The lowest BCUT2D eigenvalue weighted by Crippen LogP contribution is -2.34. The molecule has 4 nitrogen and oxygen atoms in total. The van der Waals surface area contributed by atoms with E-state index in [1.807, 2.05) is 20.8 Å². The predicted molar refractivity (Wildman–Crippen MR) is 73.2 cm³/mol. The van der Waals surface area contributed by atoms with Crippen molar-refractivity contribution >= 4 is 5.91 Å². The summed E-state index contributed by atoms with van der Waals surface area (Å²) in [5.74, 6) is 1.68. The molecule has 1 aromatic heterocycles. The van der Waals surface area contributed by atoms with Gasteiger partial charge in [0.2, 0.25) is 0 Å². The summed E-state index contributed by atoms with van der Waals surface area (Å²) in [6, 6.07) is 0.